The number of Topliss-reactive ketones (excluding diaryl/α,β-unsaturated/α-hetero) is 1. The van der Waals surface area contributed by atoms with Gasteiger partial charge in [-0.1, -0.05) is 42.5 Å². The summed E-state index contributed by atoms with van der Waals surface area (Å²) in [6, 6.07) is 11.9. The van der Waals surface area contributed by atoms with E-state index in [1.807, 2.05) is 32.0 Å². The molecule has 2 heterocycles. The highest BCUT2D eigenvalue weighted by molar-refractivity contribution is 7.14. The summed E-state index contributed by atoms with van der Waals surface area (Å²) in [4.78, 5) is 31.8. The topological polar surface area (TPSA) is 79.7 Å². The molecule has 2 aromatic carbocycles. The number of thiazole rings is 1. The molecule has 3 aromatic rings. The van der Waals surface area contributed by atoms with Crippen LogP contribution < -0.4 is 9.64 Å². The summed E-state index contributed by atoms with van der Waals surface area (Å²) in [6.45, 7) is 7.76. The standard InChI is InChI=1S/C25H22N2O4S/c1-4-12-31-18-9-7-17(8-10-18)21-20(22(28)19-14-15(2)5-6-16(19)3)23(29)24(30)27(21)25-26-11-13-32-25/h4-11,13-14,21,28H,1,12H2,2-3H3/b22-20+. The number of aliphatic hydroxyl groups excluding tert-OH is 1. The fraction of sp³-hybridized carbons (Fsp3) is 0.160. The molecule has 4 rings (SSSR count). The number of rotatable bonds is 6. The third-order valence-electron chi connectivity index (χ3n) is 5.28. The predicted molar refractivity (Wildman–Crippen MR) is 125 cm³/mol. The van der Waals surface area contributed by atoms with Gasteiger partial charge in [0.05, 0.1) is 11.6 Å². The van der Waals surface area contributed by atoms with E-state index in [0.717, 1.165) is 11.1 Å². The molecule has 162 valence electrons. The van der Waals surface area contributed by atoms with E-state index >= 15 is 0 Å². The van der Waals surface area contributed by atoms with Gasteiger partial charge in [0.15, 0.2) is 5.13 Å². The van der Waals surface area contributed by atoms with Crippen LogP contribution in [0.5, 0.6) is 5.75 Å². The number of ether oxygens (including phenoxy) is 1. The Morgan fingerprint density at radius 3 is 2.62 bits per heavy atom. The molecule has 1 saturated heterocycles. The summed E-state index contributed by atoms with van der Waals surface area (Å²) < 4.78 is 5.55. The van der Waals surface area contributed by atoms with Gasteiger partial charge in [-0.05, 0) is 43.2 Å². The van der Waals surface area contributed by atoms with Crippen LogP contribution in [-0.2, 0) is 9.59 Å². The zero-order valence-corrected chi connectivity index (χ0v) is 18.6. The lowest BCUT2D eigenvalue weighted by atomic mass is 9.93. The third-order valence-corrected chi connectivity index (χ3v) is 6.05. The highest BCUT2D eigenvalue weighted by Gasteiger charge is 2.48. The Morgan fingerprint density at radius 2 is 1.97 bits per heavy atom. The summed E-state index contributed by atoms with van der Waals surface area (Å²) >= 11 is 1.26. The lowest BCUT2D eigenvalue weighted by molar-refractivity contribution is -0.132. The fourth-order valence-corrected chi connectivity index (χ4v) is 4.38. The van der Waals surface area contributed by atoms with Crippen molar-refractivity contribution in [1.82, 2.24) is 4.98 Å². The third kappa shape index (κ3) is 3.83. The SMILES string of the molecule is C=CCOc1ccc(C2/C(=C(\O)c3cc(C)ccc3C)C(=O)C(=O)N2c2nccs2)cc1. The van der Waals surface area contributed by atoms with E-state index in [9.17, 15) is 14.7 Å². The van der Waals surface area contributed by atoms with Gasteiger partial charge in [-0.3, -0.25) is 14.5 Å². The van der Waals surface area contributed by atoms with E-state index in [4.69, 9.17) is 4.74 Å². The van der Waals surface area contributed by atoms with Crippen molar-refractivity contribution in [3.63, 3.8) is 0 Å². The van der Waals surface area contributed by atoms with Crippen LogP contribution in [0.3, 0.4) is 0 Å². The average Bonchev–Trinajstić information content (AvgIpc) is 3.41. The number of carbonyl (C=O) groups excluding carboxylic acids is 2. The molecular weight excluding hydrogens is 424 g/mol. The van der Waals surface area contributed by atoms with E-state index in [2.05, 4.69) is 11.6 Å². The molecule has 1 amide bonds. The van der Waals surface area contributed by atoms with Gasteiger partial charge >= 0.3 is 5.91 Å². The molecule has 0 bridgehead atoms. The molecular formula is C25H22N2O4S. The number of benzene rings is 2. The maximum atomic E-state index is 13.1. The molecule has 0 radical (unpaired) electrons. The zero-order chi connectivity index (χ0) is 22.8. The number of ketones is 1. The number of anilines is 1. The molecule has 1 aromatic heterocycles. The number of aliphatic hydroxyl groups is 1. The highest BCUT2D eigenvalue weighted by Crippen LogP contribution is 2.43. The second-order valence-corrected chi connectivity index (χ2v) is 8.34. The molecule has 0 aliphatic carbocycles. The van der Waals surface area contributed by atoms with Crippen LogP contribution in [0.2, 0.25) is 0 Å². The van der Waals surface area contributed by atoms with Crippen LogP contribution in [0.4, 0.5) is 5.13 Å². The van der Waals surface area contributed by atoms with E-state index in [0.29, 0.717) is 28.6 Å². The van der Waals surface area contributed by atoms with E-state index in [1.165, 1.54) is 16.2 Å². The summed E-state index contributed by atoms with van der Waals surface area (Å²) in [5.74, 6) is -1.02. The number of aromatic nitrogens is 1. The predicted octanol–water partition coefficient (Wildman–Crippen LogP) is 4.95. The Labute approximate surface area is 190 Å². The zero-order valence-electron chi connectivity index (χ0n) is 17.7. The first-order valence-electron chi connectivity index (χ1n) is 10.0. The number of amides is 1. The minimum Gasteiger partial charge on any atom is -0.507 e. The first-order valence-corrected chi connectivity index (χ1v) is 10.9. The maximum absolute atomic E-state index is 13.1. The van der Waals surface area contributed by atoms with Crippen molar-refractivity contribution in [3.8, 4) is 5.75 Å². The second kappa shape index (κ2) is 8.80. The molecule has 1 atom stereocenters. The van der Waals surface area contributed by atoms with Crippen molar-refractivity contribution in [2.24, 2.45) is 0 Å². The average molecular weight is 447 g/mol. The second-order valence-electron chi connectivity index (χ2n) is 7.47. The molecule has 1 aliphatic heterocycles. The van der Waals surface area contributed by atoms with Crippen LogP contribution in [0, 0.1) is 13.8 Å². The lowest BCUT2D eigenvalue weighted by Gasteiger charge is -2.23. The highest BCUT2D eigenvalue weighted by atomic mass is 32.1. The van der Waals surface area contributed by atoms with Gasteiger partial charge in [-0.2, -0.15) is 0 Å². The Balaban J connectivity index is 1.89. The van der Waals surface area contributed by atoms with E-state index < -0.39 is 17.7 Å². The van der Waals surface area contributed by atoms with Crippen molar-refractivity contribution in [1.29, 1.82) is 0 Å². The van der Waals surface area contributed by atoms with Gasteiger partial charge in [0.25, 0.3) is 5.78 Å². The smallest absolute Gasteiger partial charge is 0.301 e. The number of hydrogen-bond donors (Lipinski definition) is 1. The van der Waals surface area contributed by atoms with Crippen LogP contribution in [0.1, 0.15) is 28.3 Å². The van der Waals surface area contributed by atoms with E-state index in [-0.39, 0.29) is 11.3 Å². The minimum absolute atomic E-state index is 0.0404. The molecule has 0 spiro atoms. The van der Waals surface area contributed by atoms with Gasteiger partial charge in [-0.15, -0.1) is 11.3 Å². The number of hydrogen-bond acceptors (Lipinski definition) is 6. The molecule has 1 N–H and O–H groups in total. The Kier molecular flexibility index (Phi) is 5.92. The van der Waals surface area contributed by atoms with Gasteiger partial charge < -0.3 is 9.84 Å². The summed E-state index contributed by atoms with van der Waals surface area (Å²) in [5.41, 5.74) is 2.97. The number of carbonyl (C=O) groups is 2. The molecule has 6 nitrogen and oxygen atoms in total. The Hall–Kier alpha value is -3.71. The van der Waals surface area contributed by atoms with Crippen molar-refractivity contribution in [3.05, 3.63) is 94.5 Å². The largest absolute Gasteiger partial charge is 0.507 e. The first-order chi connectivity index (χ1) is 15.4. The van der Waals surface area contributed by atoms with Crippen molar-refractivity contribution in [2.75, 3.05) is 11.5 Å². The summed E-state index contributed by atoms with van der Waals surface area (Å²) in [6.07, 6.45) is 3.22. The maximum Gasteiger partial charge on any atom is 0.301 e. The number of aryl methyl sites for hydroxylation is 2. The van der Waals surface area contributed by atoms with Crippen LogP contribution >= 0.6 is 11.3 Å². The molecule has 32 heavy (non-hydrogen) atoms. The molecule has 0 saturated carbocycles. The molecule has 7 heteroatoms. The van der Waals surface area contributed by atoms with Gasteiger partial charge in [0.2, 0.25) is 0 Å². The monoisotopic (exact) mass is 446 g/mol. The number of nitrogens with zero attached hydrogens (tertiary/aromatic N) is 2. The lowest BCUT2D eigenvalue weighted by Crippen LogP contribution is -2.29. The van der Waals surface area contributed by atoms with Crippen LogP contribution in [0.15, 0.2) is 72.3 Å². The van der Waals surface area contributed by atoms with Gasteiger partial charge in [0.1, 0.15) is 18.1 Å². The van der Waals surface area contributed by atoms with E-state index in [1.54, 1.807) is 41.9 Å². The van der Waals surface area contributed by atoms with Gasteiger partial charge in [0, 0.05) is 17.1 Å². The van der Waals surface area contributed by atoms with Gasteiger partial charge in [-0.25, -0.2) is 4.98 Å². The van der Waals surface area contributed by atoms with Crippen LogP contribution in [-0.4, -0.2) is 28.4 Å². The summed E-state index contributed by atoms with van der Waals surface area (Å²) in [7, 11) is 0. The quantitative estimate of drug-likeness (QED) is 0.251. The fourth-order valence-electron chi connectivity index (χ4n) is 3.72. The molecule has 1 unspecified atom stereocenters. The molecule has 1 aliphatic rings. The van der Waals surface area contributed by atoms with Crippen molar-refractivity contribution in [2.45, 2.75) is 19.9 Å². The Morgan fingerprint density at radius 1 is 1.22 bits per heavy atom. The minimum atomic E-state index is -0.811. The normalized spacial score (nSPS) is 17.6. The molecule has 1 fully saturated rings. The Bertz CT molecular complexity index is 1210. The van der Waals surface area contributed by atoms with Crippen LogP contribution in [0.25, 0.3) is 5.76 Å². The van der Waals surface area contributed by atoms with Crippen molar-refractivity contribution < 1.29 is 19.4 Å². The van der Waals surface area contributed by atoms with Crippen molar-refractivity contribution >= 4 is 33.9 Å². The first kappa shape index (κ1) is 21.5. The summed E-state index contributed by atoms with van der Waals surface area (Å²) in [5, 5.41) is 13.4.